The molecule has 1 aromatic heterocycles. The number of rotatable bonds is 4. The molecule has 3 aromatic rings. The van der Waals surface area contributed by atoms with Gasteiger partial charge >= 0.3 is 0 Å². The van der Waals surface area contributed by atoms with Crippen molar-refractivity contribution in [1.82, 2.24) is 4.98 Å². The van der Waals surface area contributed by atoms with Gasteiger partial charge in [0.15, 0.2) is 5.78 Å². The third kappa shape index (κ3) is 4.26. The first-order valence-electron chi connectivity index (χ1n) is 12.0. The van der Waals surface area contributed by atoms with Crippen LogP contribution < -0.4 is 4.90 Å². The van der Waals surface area contributed by atoms with E-state index in [-0.39, 0.29) is 22.8 Å². The molecule has 0 fully saturated rings. The van der Waals surface area contributed by atoms with E-state index in [0.717, 1.165) is 16.2 Å². The second-order valence-corrected chi connectivity index (χ2v) is 10.9. The summed E-state index contributed by atoms with van der Waals surface area (Å²) in [4.78, 5) is 21.1. The molecule has 2 aromatic carbocycles. The third-order valence-electron chi connectivity index (χ3n) is 6.88. The fraction of sp³-hybridized carbons (Fsp3) is 0.233. The molecule has 0 bridgehead atoms. The Balaban J connectivity index is 1.84. The van der Waals surface area contributed by atoms with Gasteiger partial charge in [0.1, 0.15) is 11.6 Å². The van der Waals surface area contributed by atoms with E-state index in [0.29, 0.717) is 35.2 Å². The second kappa shape index (κ2) is 9.43. The molecular formula is C30H29N3O2S. The molecule has 1 aliphatic carbocycles. The summed E-state index contributed by atoms with van der Waals surface area (Å²) in [5.41, 5.74) is 3.86. The number of nitrogens with zero attached hydrogens (tertiary/aromatic N) is 2. The minimum atomic E-state index is -0.542. The Morgan fingerprint density at radius 1 is 1.06 bits per heavy atom. The van der Waals surface area contributed by atoms with Gasteiger partial charge in [-0.15, -0.1) is 11.8 Å². The molecule has 0 amide bonds. The number of carbonyl (C=O) groups is 1. The SMILES string of the molecule is CSc1ccc([C@H]2C(=C(O)c3ccccc3)C(=N)N(c3cccnc3)C3=C2C(=O)CC(C)(C)C3)cc1. The zero-order chi connectivity index (χ0) is 25.4. The first-order valence-corrected chi connectivity index (χ1v) is 13.2. The minimum Gasteiger partial charge on any atom is -0.507 e. The number of thioether (sulfide) groups is 1. The van der Waals surface area contributed by atoms with Crippen LogP contribution in [0.4, 0.5) is 5.69 Å². The molecule has 2 heterocycles. The number of ketones is 1. The maximum absolute atomic E-state index is 13.9. The highest BCUT2D eigenvalue weighted by Gasteiger charge is 2.46. The lowest BCUT2D eigenvalue weighted by Gasteiger charge is -2.45. The number of aliphatic hydroxyl groups excluding tert-OH is 1. The van der Waals surface area contributed by atoms with Crippen molar-refractivity contribution in [3.05, 3.63) is 107 Å². The summed E-state index contributed by atoms with van der Waals surface area (Å²) in [6.45, 7) is 4.18. The van der Waals surface area contributed by atoms with E-state index in [9.17, 15) is 15.3 Å². The van der Waals surface area contributed by atoms with E-state index in [1.54, 1.807) is 24.2 Å². The molecule has 0 saturated carbocycles. The van der Waals surface area contributed by atoms with Crippen molar-refractivity contribution >= 4 is 34.8 Å². The van der Waals surface area contributed by atoms with Crippen molar-refractivity contribution in [2.75, 3.05) is 11.2 Å². The highest BCUT2D eigenvalue weighted by molar-refractivity contribution is 7.98. The molecule has 182 valence electrons. The van der Waals surface area contributed by atoms with Crippen LogP contribution in [-0.2, 0) is 4.79 Å². The topological polar surface area (TPSA) is 77.3 Å². The van der Waals surface area contributed by atoms with E-state index in [4.69, 9.17) is 0 Å². The van der Waals surface area contributed by atoms with Gasteiger partial charge in [0.05, 0.1) is 11.9 Å². The van der Waals surface area contributed by atoms with Crippen molar-refractivity contribution in [1.29, 1.82) is 5.41 Å². The smallest absolute Gasteiger partial charge is 0.162 e. The molecule has 0 spiro atoms. The van der Waals surface area contributed by atoms with Crippen LogP contribution in [0.5, 0.6) is 0 Å². The maximum atomic E-state index is 13.9. The summed E-state index contributed by atoms with van der Waals surface area (Å²) in [7, 11) is 0. The molecule has 5 nitrogen and oxygen atoms in total. The van der Waals surface area contributed by atoms with Gasteiger partial charge in [-0.05, 0) is 47.9 Å². The molecule has 1 aliphatic heterocycles. The van der Waals surface area contributed by atoms with Gasteiger partial charge in [0.25, 0.3) is 0 Å². The molecule has 2 N–H and O–H groups in total. The number of aromatic nitrogens is 1. The second-order valence-electron chi connectivity index (χ2n) is 10.0. The lowest BCUT2D eigenvalue weighted by molar-refractivity contribution is -0.118. The van der Waals surface area contributed by atoms with Crippen LogP contribution in [0.15, 0.2) is 101 Å². The van der Waals surface area contributed by atoms with Crippen LogP contribution in [0, 0.1) is 10.8 Å². The molecule has 1 atom stereocenters. The molecular weight excluding hydrogens is 466 g/mol. The number of anilines is 1. The Morgan fingerprint density at radius 2 is 1.78 bits per heavy atom. The average Bonchev–Trinajstić information content (AvgIpc) is 2.88. The largest absolute Gasteiger partial charge is 0.507 e. The summed E-state index contributed by atoms with van der Waals surface area (Å²) in [5, 5.41) is 21.1. The number of carbonyl (C=O) groups excluding carboxylic acids is 1. The normalized spacial score (nSPS) is 20.9. The Morgan fingerprint density at radius 3 is 2.42 bits per heavy atom. The molecule has 2 aliphatic rings. The van der Waals surface area contributed by atoms with Crippen LogP contribution in [0.1, 0.15) is 43.7 Å². The highest BCUT2D eigenvalue weighted by Crippen LogP contribution is 2.51. The lowest BCUT2D eigenvalue weighted by Crippen LogP contribution is -2.45. The monoisotopic (exact) mass is 495 g/mol. The number of aliphatic hydroxyl groups is 1. The summed E-state index contributed by atoms with van der Waals surface area (Å²) in [6.07, 6.45) is 6.48. The summed E-state index contributed by atoms with van der Waals surface area (Å²) >= 11 is 1.65. The number of hydrogen-bond donors (Lipinski definition) is 2. The van der Waals surface area contributed by atoms with Crippen LogP contribution in [0.3, 0.4) is 0 Å². The van der Waals surface area contributed by atoms with Crippen molar-refractivity contribution in [3.8, 4) is 0 Å². The zero-order valence-electron chi connectivity index (χ0n) is 20.7. The third-order valence-corrected chi connectivity index (χ3v) is 7.62. The predicted molar refractivity (Wildman–Crippen MR) is 146 cm³/mol. The van der Waals surface area contributed by atoms with Gasteiger partial charge in [0, 0.05) is 45.8 Å². The van der Waals surface area contributed by atoms with Crippen molar-refractivity contribution in [2.24, 2.45) is 5.41 Å². The molecule has 0 radical (unpaired) electrons. The van der Waals surface area contributed by atoms with Crippen LogP contribution in [-0.4, -0.2) is 28.0 Å². The average molecular weight is 496 g/mol. The fourth-order valence-corrected chi connectivity index (χ4v) is 5.67. The van der Waals surface area contributed by atoms with E-state index < -0.39 is 5.92 Å². The highest BCUT2D eigenvalue weighted by atomic mass is 32.2. The first kappa shape index (κ1) is 24.1. The number of hydrogen-bond acceptors (Lipinski definition) is 5. The van der Waals surface area contributed by atoms with E-state index in [2.05, 4.69) is 18.8 Å². The van der Waals surface area contributed by atoms with E-state index >= 15 is 0 Å². The standard InChI is InChI=1S/C30H29N3O2S/c1-30(2)16-23-26(24(34)17-30)25(19-11-13-22(36-3)14-12-19)27(28(35)20-8-5-4-6-9-20)29(31)33(23)21-10-7-15-32-18-21/h4-15,18,25,31,35H,16-17H2,1-3H3/t25-/m1/s1. The van der Waals surface area contributed by atoms with Gasteiger partial charge in [-0.25, -0.2) is 0 Å². The Hall–Kier alpha value is -3.64. The van der Waals surface area contributed by atoms with Crippen LogP contribution >= 0.6 is 11.8 Å². The van der Waals surface area contributed by atoms with Gasteiger partial charge in [0.2, 0.25) is 0 Å². The Bertz CT molecular complexity index is 1380. The quantitative estimate of drug-likeness (QED) is 0.301. The molecule has 0 unspecified atom stereocenters. The number of nitrogens with one attached hydrogen (secondary N) is 1. The molecule has 36 heavy (non-hydrogen) atoms. The van der Waals surface area contributed by atoms with Gasteiger partial charge in [-0.2, -0.15) is 0 Å². The van der Waals surface area contributed by atoms with Crippen molar-refractivity contribution in [2.45, 2.75) is 37.5 Å². The molecule has 5 rings (SSSR count). The van der Waals surface area contributed by atoms with Crippen LogP contribution in [0.25, 0.3) is 5.76 Å². The lowest BCUT2D eigenvalue weighted by atomic mass is 9.67. The van der Waals surface area contributed by atoms with E-state index in [1.165, 1.54) is 0 Å². The van der Waals surface area contributed by atoms with Crippen molar-refractivity contribution in [3.63, 3.8) is 0 Å². The Labute approximate surface area is 216 Å². The predicted octanol–water partition coefficient (Wildman–Crippen LogP) is 7.00. The van der Waals surface area contributed by atoms with E-state index in [1.807, 2.05) is 77.9 Å². The summed E-state index contributed by atoms with van der Waals surface area (Å²) < 4.78 is 0. The van der Waals surface area contributed by atoms with Gasteiger partial charge in [-0.3, -0.25) is 20.1 Å². The number of benzene rings is 2. The molecule has 6 heteroatoms. The maximum Gasteiger partial charge on any atom is 0.162 e. The van der Waals surface area contributed by atoms with Crippen molar-refractivity contribution < 1.29 is 9.90 Å². The first-order chi connectivity index (χ1) is 17.3. The fourth-order valence-electron chi connectivity index (χ4n) is 5.27. The number of allylic oxidation sites excluding steroid dienone is 2. The minimum absolute atomic E-state index is 0.0117. The molecule has 0 saturated heterocycles. The number of Topliss-reactive ketones (excluding diaryl/α,β-unsaturated/α-hetero) is 1. The van der Waals surface area contributed by atoms with Crippen LogP contribution in [0.2, 0.25) is 0 Å². The summed E-state index contributed by atoms with van der Waals surface area (Å²) in [5.74, 6) is -0.315. The Kier molecular flexibility index (Phi) is 6.31. The number of amidine groups is 1. The number of pyridine rings is 1. The van der Waals surface area contributed by atoms with Gasteiger partial charge < -0.3 is 5.11 Å². The zero-order valence-corrected chi connectivity index (χ0v) is 21.5. The summed E-state index contributed by atoms with van der Waals surface area (Å²) in [6, 6.07) is 21.1. The van der Waals surface area contributed by atoms with Gasteiger partial charge in [-0.1, -0.05) is 56.3 Å².